The molecule has 1 heterocycles. The fraction of sp³-hybridized carbons (Fsp3) is 0.571. The third-order valence-electron chi connectivity index (χ3n) is 3.73. The number of benzene rings is 1. The lowest BCUT2D eigenvalue weighted by Gasteiger charge is -2.20. The Balaban J connectivity index is 2.46. The molecule has 1 fully saturated rings. The molecule has 0 saturated carbocycles. The molecule has 1 atom stereocenters. The second kappa shape index (κ2) is 5.13. The van der Waals surface area contributed by atoms with Crippen LogP contribution in [-0.4, -0.2) is 32.9 Å². The van der Waals surface area contributed by atoms with Gasteiger partial charge >= 0.3 is 0 Å². The van der Waals surface area contributed by atoms with E-state index in [4.69, 9.17) is 0 Å². The summed E-state index contributed by atoms with van der Waals surface area (Å²) in [6.07, 6.45) is 0.950. The number of rotatable bonds is 3. The van der Waals surface area contributed by atoms with Gasteiger partial charge in [-0.15, -0.1) is 0 Å². The lowest BCUT2D eigenvalue weighted by molar-refractivity contribution is 0.463. The molecule has 5 heteroatoms. The van der Waals surface area contributed by atoms with E-state index in [0.717, 1.165) is 23.2 Å². The third kappa shape index (κ3) is 2.62. The number of nitrogens with zero attached hydrogens (tertiary/aromatic N) is 1. The van der Waals surface area contributed by atoms with Crippen LogP contribution in [0.3, 0.4) is 0 Å². The molecule has 1 unspecified atom stereocenters. The van der Waals surface area contributed by atoms with E-state index in [1.54, 1.807) is 4.31 Å². The van der Waals surface area contributed by atoms with Crippen LogP contribution in [0.25, 0.3) is 0 Å². The van der Waals surface area contributed by atoms with Crippen molar-refractivity contribution < 1.29 is 8.42 Å². The molecule has 1 aliphatic rings. The van der Waals surface area contributed by atoms with Crippen LogP contribution < -0.4 is 5.32 Å². The Hall–Kier alpha value is -1.07. The quantitative estimate of drug-likeness (QED) is 0.926. The van der Waals surface area contributed by atoms with Crippen molar-refractivity contribution in [1.29, 1.82) is 0 Å². The average molecular weight is 282 g/mol. The van der Waals surface area contributed by atoms with Crippen LogP contribution in [-0.2, 0) is 10.0 Å². The van der Waals surface area contributed by atoms with Crippen LogP contribution in [0.15, 0.2) is 17.0 Å². The fourth-order valence-corrected chi connectivity index (χ4v) is 4.73. The minimum absolute atomic E-state index is 0.451. The number of aryl methyl sites for hydroxylation is 2. The van der Waals surface area contributed by atoms with Crippen LogP contribution in [0.1, 0.15) is 24.5 Å². The monoisotopic (exact) mass is 282 g/mol. The summed E-state index contributed by atoms with van der Waals surface area (Å²) in [7, 11) is -1.51. The molecule has 1 saturated heterocycles. The van der Waals surface area contributed by atoms with Gasteiger partial charge in [0, 0.05) is 25.8 Å². The van der Waals surface area contributed by atoms with Crippen molar-refractivity contribution in [2.45, 2.75) is 32.1 Å². The first-order valence-corrected chi connectivity index (χ1v) is 8.09. The highest BCUT2D eigenvalue weighted by Gasteiger charge is 2.32. The highest BCUT2D eigenvalue weighted by molar-refractivity contribution is 7.89. The van der Waals surface area contributed by atoms with Gasteiger partial charge in [0.1, 0.15) is 0 Å². The number of hydrogen-bond acceptors (Lipinski definition) is 3. The molecule has 0 radical (unpaired) electrons. The second-order valence-electron chi connectivity index (χ2n) is 5.45. The molecule has 0 aliphatic carbocycles. The van der Waals surface area contributed by atoms with Gasteiger partial charge in [0.05, 0.1) is 4.90 Å². The minimum atomic E-state index is -3.35. The topological polar surface area (TPSA) is 49.4 Å². The summed E-state index contributed by atoms with van der Waals surface area (Å²) in [6, 6.07) is 3.78. The molecule has 0 spiro atoms. The van der Waals surface area contributed by atoms with Crippen molar-refractivity contribution in [3.05, 3.63) is 23.3 Å². The Morgan fingerprint density at radius 2 is 1.84 bits per heavy atom. The van der Waals surface area contributed by atoms with Gasteiger partial charge in [-0.2, -0.15) is 4.31 Å². The van der Waals surface area contributed by atoms with E-state index in [-0.39, 0.29) is 0 Å². The van der Waals surface area contributed by atoms with Crippen molar-refractivity contribution in [2.24, 2.45) is 5.92 Å². The predicted octanol–water partition coefficient (Wildman–Crippen LogP) is 2.38. The Morgan fingerprint density at radius 1 is 1.26 bits per heavy atom. The standard InChI is InChI=1S/C14H22N2O2S/c1-10-5-6-16(9-10)19(17,18)14-11(2)7-13(15-4)8-12(14)3/h7-8,10,15H,5-6,9H2,1-4H3. The van der Waals surface area contributed by atoms with Gasteiger partial charge in [-0.05, 0) is 49.4 Å². The molecule has 4 nitrogen and oxygen atoms in total. The van der Waals surface area contributed by atoms with E-state index >= 15 is 0 Å². The summed E-state index contributed by atoms with van der Waals surface area (Å²) in [5.41, 5.74) is 2.57. The molecule has 0 aromatic heterocycles. The molecular weight excluding hydrogens is 260 g/mol. The number of nitrogens with one attached hydrogen (secondary N) is 1. The first-order valence-electron chi connectivity index (χ1n) is 6.65. The van der Waals surface area contributed by atoms with Crippen molar-refractivity contribution >= 4 is 15.7 Å². The Kier molecular flexibility index (Phi) is 3.87. The van der Waals surface area contributed by atoms with Crippen LogP contribution in [0, 0.1) is 19.8 Å². The zero-order chi connectivity index (χ0) is 14.2. The predicted molar refractivity (Wildman–Crippen MR) is 78.0 cm³/mol. The van der Waals surface area contributed by atoms with Crippen molar-refractivity contribution in [3.8, 4) is 0 Å². The van der Waals surface area contributed by atoms with Crippen molar-refractivity contribution in [1.82, 2.24) is 4.31 Å². The SMILES string of the molecule is CNc1cc(C)c(S(=O)(=O)N2CCC(C)C2)c(C)c1. The number of sulfonamides is 1. The molecule has 106 valence electrons. The Bertz CT molecular complexity index is 558. The van der Waals surface area contributed by atoms with E-state index in [0.29, 0.717) is 23.9 Å². The van der Waals surface area contributed by atoms with E-state index in [1.807, 2.05) is 33.0 Å². The van der Waals surface area contributed by atoms with Gasteiger partial charge < -0.3 is 5.32 Å². The molecule has 0 bridgehead atoms. The summed E-state index contributed by atoms with van der Waals surface area (Å²) in [6.45, 7) is 7.09. The van der Waals surface area contributed by atoms with Gasteiger partial charge in [0.2, 0.25) is 10.0 Å². The van der Waals surface area contributed by atoms with E-state index in [1.165, 1.54) is 0 Å². The molecule has 0 amide bonds. The molecule has 1 aromatic rings. The molecule has 1 aromatic carbocycles. The first-order chi connectivity index (χ1) is 8.86. The average Bonchev–Trinajstić information content (AvgIpc) is 2.75. The summed E-state index contributed by atoms with van der Waals surface area (Å²) < 4.78 is 27.1. The number of anilines is 1. The van der Waals surface area contributed by atoms with Gasteiger partial charge in [0.25, 0.3) is 0 Å². The summed E-state index contributed by atoms with van der Waals surface area (Å²) in [4.78, 5) is 0.473. The summed E-state index contributed by atoms with van der Waals surface area (Å²) in [5.74, 6) is 0.451. The van der Waals surface area contributed by atoms with Crippen LogP contribution in [0.5, 0.6) is 0 Å². The van der Waals surface area contributed by atoms with Gasteiger partial charge in [0.15, 0.2) is 0 Å². The lowest BCUT2D eigenvalue weighted by atomic mass is 10.1. The van der Waals surface area contributed by atoms with E-state index in [2.05, 4.69) is 12.2 Å². The second-order valence-corrected chi connectivity index (χ2v) is 7.32. The van der Waals surface area contributed by atoms with Gasteiger partial charge in [-0.3, -0.25) is 0 Å². The third-order valence-corrected chi connectivity index (χ3v) is 5.90. The summed E-state index contributed by atoms with van der Waals surface area (Å²) >= 11 is 0. The molecule has 19 heavy (non-hydrogen) atoms. The summed E-state index contributed by atoms with van der Waals surface area (Å²) in [5, 5.41) is 3.06. The van der Waals surface area contributed by atoms with Crippen molar-refractivity contribution in [3.63, 3.8) is 0 Å². The van der Waals surface area contributed by atoms with Crippen molar-refractivity contribution in [2.75, 3.05) is 25.5 Å². The molecule has 2 rings (SSSR count). The largest absolute Gasteiger partial charge is 0.388 e. The highest BCUT2D eigenvalue weighted by atomic mass is 32.2. The number of hydrogen-bond donors (Lipinski definition) is 1. The van der Waals surface area contributed by atoms with Crippen LogP contribution >= 0.6 is 0 Å². The first kappa shape index (κ1) is 14.3. The maximum Gasteiger partial charge on any atom is 0.243 e. The fourth-order valence-electron chi connectivity index (χ4n) is 2.74. The zero-order valence-electron chi connectivity index (χ0n) is 12.0. The Morgan fingerprint density at radius 3 is 2.26 bits per heavy atom. The zero-order valence-corrected chi connectivity index (χ0v) is 12.8. The molecule has 1 aliphatic heterocycles. The highest BCUT2D eigenvalue weighted by Crippen LogP contribution is 2.30. The lowest BCUT2D eigenvalue weighted by Crippen LogP contribution is -2.29. The minimum Gasteiger partial charge on any atom is -0.388 e. The van der Waals surface area contributed by atoms with Gasteiger partial charge in [-0.1, -0.05) is 6.92 Å². The maximum atomic E-state index is 12.7. The molecule has 1 N–H and O–H groups in total. The smallest absolute Gasteiger partial charge is 0.243 e. The van der Waals surface area contributed by atoms with Gasteiger partial charge in [-0.25, -0.2) is 8.42 Å². The maximum absolute atomic E-state index is 12.7. The normalized spacial score (nSPS) is 20.7. The molecular formula is C14H22N2O2S. The Labute approximate surface area is 115 Å². The van der Waals surface area contributed by atoms with Crippen LogP contribution in [0.4, 0.5) is 5.69 Å². The van der Waals surface area contributed by atoms with E-state index < -0.39 is 10.0 Å². The van der Waals surface area contributed by atoms with E-state index in [9.17, 15) is 8.42 Å². The van der Waals surface area contributed by atoms with Crippen LogP contribution in [0.2, 0.25) is 0 Å².